The minimum absolute atomic E-state index is 1.09. The van der Waals surface area contributed by atoms with E-state index in [1.54, 1.807) is 0 Å². The van der Waals surface area contributed by atoms with E-state index in [4.69, 9.17) is 0 Å². The average Bonchev–Trinajstić information content (AvgIpc) is 2.47. The lowest BCUT2D eigenvalue weighted by Gasteiger charge is -2.32. The molecule has 0 unspecified atom stereocenters. The molecule has 0 spiro atoms. The first-order valence-electron chi connectivity index (χ1n) is 7.98. The third-order valence-electron chi connectivity index (χ3n) is 4.11. The number of nitrogens with one attached hydrogen (secondary N) is 1. The van der Waals surface area contributed by atoms with Crippen LogP contribution in [0.4, 0.5) is 0 Å². The van der Waals surface area contributed by atoms with Gasteiger partial charge in [0.2, 0.25) is 0 Å². The maximum Gasteiger partial charge on any atom is 0.0237 e. The molecule has 0 radical (unpaired) electrons. The summed E-state index contributed by atoms with van der Waals surface area (Å²) < 4.78 is 0. The third kappa shape index (κ3) is 4.89. The maximum absolute atomic E-state index is 3.50. The first-order valence-corrected chi connectivity index (χ1v) is 7.98. The van der Waals surface area contributed by atoms with Gasteiger partial charge < -0.3 is 10.2 Å². The van der Waals surface area contributed by atoms with E-state index in [1.165, 1.54) is 43.7 Å². The lowest BCUT2D eigenvalue weighted by atomic mass is 10.0. The van der Waals surface area contributed by atoms with Gasteiger partial charge in [0.1, 0.15) is 0 Å². The molecule has 1 aromatic rings. The van der Waals surface area contributed by atoms with E-state index < -0.39 is 0 Å². The Bertz CT molecular complexity index is 384. The predicted octanol–water partition coefficient (Wildman–Crippen LogP) is 1.98. The van der Waals surface area contributed by atoms with Gasteiger partial charge in [-0.1, -0.05) is 31.2 Å². The van der Waals surface area contributed by atoms with E-state index in [0.717, 1.165) is 26.1 Å². The minimum atomic E-state index is 1.09. The summed E-state index contributed by atoms with van der Waals surface area (Å²) in [7, 11) is 2.21. The summed E-state index contributed by atoms with van der Waals surface area (Å²) in [6.07, 6.45) is 2.35. The van der Waals surface area contributed by atoms with Crippen LogP contribution in [-0.4, -0.2) is 56.1 Å². The topological polar surface area (TPSA) is 18.5 Å². The number of nitrogens with zero attached hydrogens (tertiary/aromatic N) is 2. The summed E-state index contributed by atoms with van der Waals surface area (Å²) >= 11 is 0. The van der Waals surface area contributed by atoms with Crippen LogP contribution in [0.2, 0.25) is 0 Å². The number of hydrogen-bond donors (Lipinski definition) is 1. The van der Waals surface area contributed by atoms with Gasteiger partial charge in [-0.3, -0.25) is 4.90 Å². The standard InChI is InChI=1S/C17H29N3/c1-3-9-18-10-8-16-6-4-5-7-17(16)15-20-13-11-19(2)12-14-20/h4-7,18H,3,8-15H2,1-2H3. The molecule has 1 aromatic carbocycles. The summed E-state index contributed by atoms with van der Waals surface area (Å²) in [6.45, 7) is 10.3. The molecule has 0 bridgehead atoms. The number of likely N-dealkylation sites (N-methyl/N-ethyl adjacent to an activating group) is 1. The first kappa shape index (κ1) is 15.5. The molecule has 0 amide bonds. The summed E-state index contributed by atoms with van der Waals surface area (Å²) in [5.41, 5.74) is 3.02. The van der Waals surface area contributed by atoms with Gasteiger partial charge in [0.15, 0.2) is 0 Å². The summed E-state index contributed by atoms with van der Waals surface area (Å²) in [5, 5.41) is 3.50. The Morgan fingerprint density at radius 3 is 2.40 bits per heavy atom. The fourth-order valence-electron chi connectivity index (χ4n) is 2.73. The van der Waals surface area contributed by atoms with E-state index in [-0.39, 0.29) is 0 Å². The van der Waals surface area contributed by atoms with Crippen molar-refractivity contribution in [3.8, 4) is 0 Å². The molecule has 0 aliphatic carbocycles. The molecule has 1 saturated heterocycles. The van der Waals surface area contributed by atoms with Gasteiger partial charge in [0.25, 0.3) is 0 Å². The fraction of sp³-hybridized carbons (Fsp3) is 0.647. The molecule has 1 N–H and O–H groups in total. The molecule has 0 atom stereocenters. The van der Waals surface area contributed by atoms with E-state index in [2.05, 4.69) is 53.4 Å². The normalized spacial score (nSPS) is 17.5. The molecule has 1 aliphatic heterocycles. The van der Waals surface area contributed by atoms with Gasteiger partial charge in [0, 0.05) is 32.7 Å². The van der Waals surface area contributed by atoms with Gasteiger partial charge in [-0.05, 0) is 44.1 Å². The molecule has 1 fully saturated rings. The molecule has 20 heavy (non-hydrogen) atoms. The van der Waals surface area contributed by atoms with E-state index >= 15 is 0 Å². The summed E-state index contributed by atoms with van der Waals surface area (Å²) in [4.78, 5) is 5.00. The van der Waals surface area contributed by atoms with Crippen LogP contribution in [0.15, 0.2) is 24.3 Å². The van der Waals surface area contributed by atoms with Crippen molar-refractivity contribution in [2.24, 2.45) is 0 Å². The molecule has 0 saturated carbocycles. The van der Waals surface area contributed by atoms with Gasteiger partial charge in [-0.25, -0.2) is 0 Å². The second kappa shape index (κ2) is 8.40. The molecular weight excluding hydrogens is 246 g/mol. The van der Waals surface area contributed by atoms with Crippen molar-refractivity contribution in [3.63, 3.8) is 0 Å². The lowest BCUT2D eigenvalue weighted by molar-refractivity contribution is 0.148. The van der Waals surface area contributed by atoms with Crippen LogP contribution in [-0.2, 0) is 13.0 Å². The molecule has 3 nitrogen and oxygen atoms in total. The molecule has 0 aromatic heterocycles. The molecule has 3 heteroatoms. The molecule has 1 heterocycles. The summed E-state index contributed by atoms with van der Waals surface area (Å²) in [6, 6.07) is 8.93. The van der Waals surface area contributed by atoms with Gasteiger partial charge >= 0.3 is 0 Å². The summed E-state index contributed by atoms with van der Waals surface area (Å²) in [5.74, 6) is 0. The maximum atomic E-state index is 3.50. The molecule has 112 valence electrons. The van der Waals surface area contributed by atoms with Gasteiger partial charge in [-0.2, -0.15) is 0 Å². The quantitative estimate of drug-likeness (QED) is 0.768. The van der Waals surface area contributed by atoms with Gasteiger partial charge in [-0.15, -0.1) is 0 Å². The molecule has 1 aliphatic rings. The fourth-order valence-corrected chi connectivity index (χ4v) is 2.73. The van der Waals surface area contributed by atoms with Crippen molar-refractivity contribution in [1.29, 1.82) is 0 Å². The SMILES string of the molecule is CCCNCCc1ccccc1CN1CCN(C)CC1. The van der Waals surface area contributed by atoms with Crippen LogP contribution < -0.4 is 5.32 Å². The zero-order chi connectivity index (χ0) is 14.2. The van der Waals surface area contributed by atoms with Crippen molar-refractivity contribution in [1.82, 2.24) is 15.1 Å². The van der Waals surface area contributed by atoms with Crippen LogP contribution in [0.1, 0.15) is 24.5 Å². The number of rotatable bonds is 7. The third-order valence-corrected chi connectivity index (χ3v) is 4.11. The Hall–Kier alpha value is -0.900. The second-order valence-electron chi connectivity index (χ2n) is 5.85. The van der Waals surface area contributed by atoms with Crippen molar-refractivity contribution in [2.75, 3.05) is 46.3 Å². The predicted molar refractivity (Wildman–Crippen MR) is 86.1 cm³/mol. The zero-order valence-corrected chi connectivity index (χ0v) is 13.1. The Kier molecular flexibility index (Phi) is 6.51. The van der Waals surface area contributed by atoms with Crippen molar-refractivity contribution in [3.05, 3.63) is 35.4 Å². The Morgan fingerprint density at radius 1 is 1.00 bits per heavy atom. The molecule has 2 rings (SSSR count). The highest BCUT2D eigenvalue weighted by molar-refractivity contribution is 5.27. The van der Waals surface area contributed by atoms with E-state index in [0.29, 0.717) is 0 Å². The van der Waals surface area contributed by atoms with E-state index in [9.17, 15) is 0 Å². The minimum Gasteiger partial charge on any atom is -0.316 e. The number of piperazine rings is 1. The largest absolute Gasteiger partial charge is 0.316 e. The van der Waals surface area contributed by atoms with Crippen LogP contribution in [0.25, 0.3) is 0 Å². The lowest BCUT2D eigenvalue weighted by Crippen LogP contribution is -2.44. The monoisotopic (exact) mass is 275 g/mol. The zero-order valence-electron chi connectivity index (χ0n) is 13.1. The van der Waals surface area contributed by atoms with Crippen LogP contribution in [0, 0.1) is 0 Å². The first-order chi connectivity index (χ1) is 9.79. The Balaban J connectivity index is 1.86. The highest BCUT2D eigenvalue weighted by atomic mass is 15.2. The Morgan fingerprint density at radius 2 is 1.70 bits per heavy atom. The van der Waals surface area contributed by atoms with E-state index in [1.807, 2.05) is 0 Å². The van der Waals surface area contributed by atoms with Crippen molar-refractivity contribution < 1.29 is 0 Å². The highest BCUT2D eigenvalue weighted by Crippen LogP contribution is 2.13. The molecular formula is C17H29N3. The number of hydrogen-bond acceptors (Lipinski definition) is 3. The Labute approximate surface area is 124 Å². The smallest absolute Gasteiger partial charge is 0.0237 e. The van der Waals surface area contributed by atoms with Gasteiger partial charge in [0.05, 0.1) is 0 Å². The highest BCUT2D eigenvalue weighted by Gasteiger charge is 2.14. The van der Waals surface area contributed by atoms with Crippen LogP contribution >= 0.6 is 0 Å². The van der Waals surface area contributed by atoms with Crippen molar-refractivity contribution in [2.45, 2.75) is 26.3 Å². The number of benzene rings is 1. The average molecular weight is 275 g/mol. The van der Waals surface area contributed by atoms with Crippen molar-refractivity contribution >= 4 is 0 Å². The second-order valence-corrected chi connectivity index (χ2v) is 5.85. The van der Waals surface area contributed by atoms with Crippen LogP contribution in [0.5, 0.6) is 0 Å². The van der Waals surface area contributed by atoms with Crippen LogP contribution in [0.3, 0.4) is 0 Å².